The van der Waals surface area contributed by atoms with Gasteiger partial charge in [-0.3, -0.25) is 14.5 Å². The van der Waals surface area contributed by atoms with Crippen molar-refractivity contribution >= 4 is 17.5 Å². The van der Waals surface area contributed by atoms with Crippen LogP contribution in [0.3, 0.4) is 0 Å². The summed E-state index contributed by atoms with van der Waals surface area (Å²) in [6, 6.07) is 9.22. The van der Waals surface area contributed by atoms with Gasteiger partial charge < -0.3 is 15.0 Å². The number of nitriles is 1. The molecule has 0 bridgehead atoms. The van der Waals surface area contributed by atoms with Gasteiger partial charge in [0.05, 0.1) is 24.3 Å². The second-order valence-corrected chi connectivity index (χ2v) is 9.28. The molecule has 0 spiro atoms. The van der Waals surface area contributed by atoms with Crippen LogP contribution in [0.1, 0.15) is 53.2 Å². The van der Waals surface area contributed by atoms with E-state index in [9.17, 15) is 14.9 Å². The van der Waals surface area contributed by atoms with Gasteiger partial charge in [-0.15, -0.1) is 0 Å². The van der Waals surface area contributed by atoms with E-state index in [1.54, 1.807) is 18.2 Å². The first-order valence-corrected chi connectivity index (χ1v) is 11.7. The molecule has 1 N–H and O–H groups in total. The Balaban J connectivity index is 1.45. The van der Waals surface area contributed by atoms with Crippen molar-refractivity contribution < 1.29 is 14.3 Å². The Morgan fingerprint density at radius 2 is 2.06 bits per heavy atom. The third-order valence-electron chi connectivity index (χ3n) is 6.69. The lowest BCUT2D eigenvalue weighted by atomic mass is 10.0. The molecule has 1 aromatic heterocycles. The summed E-state index contributed by atoms with van der Waals surface area (Å²) in [5.41, 5.74) is 3.43. The van der Waals surface area contributed by atoms with E-state index < -0.39 is 0 Å². The zero-order valence-corrected chi connectivity index (χ0v) is 20.0. The fourth-order valence-corrected chi connectivity index (χ4v) is 4.44. The summed E-state index contributed by atoms with van der Waals surface area (Å²) in [7, 11) is 1.52. The molecule has 1 aliphatic carbocycles. The summed E-state index contributed by atoms with van der Waals surface area (Å²) < 4.78 is 5.05. The number of nitrogens with one attached hydrogen (secondary N) is 1. The monoisotopic (exact) mass is 461 g/mol. The molecule has 4 rings (SSSR count). The number of carbonyl (C=O) groups is 2. The minimum atomic E-state index is -0.296. The summed E-state index contributed by atoms with van der Waals surface area (Å²) in [5.74, 6) is 1.01. The maximum Gasteiger partial charge on any atom is 0.257 e. The smallest absolute Gasteiger partial charge is 0.257 e. The minimum absolute atomic E-state index is 0.154. The quantitative estimate of drug-likeness (QED) is 0.679. The van der Waals surface area contributed by atoms with Gasteiger partial charge >= 0.3 is 0 Å². The van der Waals surface area contributed by atoms with Crippen molar-refractivity contribution in [1.82, 2.24) is 14.8 Å². The fourth-order valence-electron chi connectivity index (χ4n) is 4.44. The number of benzene rings is 1. The molecule has 2 aromatic rings. The van der Waals surface area contributed by atoms with Gasteiger partial charge in [0, 0.05) is 56.6 Å². The van der Waals surface area contributed by atoms with Gasteiger partial charge in [-0.2, -0.15) is 5.26 Å². The van der Waals surface area contributed by atoms with E-state index in [1.165, 1.54) is 26.1 Å². The van der Waals surface area contributed by atoms with E-state index in [4.69, 9.17) is 4.74 Å². The van der Waals surface area contributed by atoms with E-state index in [0.717, 1.165) is 30.8 Å². The first kappa shape index (κ1) is 23.7. The summed E-state index contributed by atoms with van der Waals surface area (Å²) in [6.07, 6.45) is 4.51. The lowest BCUT2D eigenvalue weighted by Crippen LogP contribution is -2.53. The van der Waals surface area contributed by atoms with Crippen LogP contribution < -0.4 is 10.1 Å². The topological polar surface area (TPSA) is 98.6 Å². The fraction of sp³-hybridized carbons (Fsp3) is 0.462. The number of hydrogen-bond donors (Lipinski definition) is 1. The van der Waals surface area contributed by atoms with Crippen molar-refractivity contribution in [2.24, 2.45) is 5.92 Å². The average Bonchev–Trinajstić information content (AvgIpc) is 3.65. The SMILES string of the molecule is COc1ccc(C(=O)Nc2cc(C#N)cc(CN3CCN(C(=O)CC4CC4)C(C)C3)c2C)cn1. The summed E-state index contributed by atoms with van der Waals surface area (Å²) >= 11 is 0. The lowest BCUT2D eigenvalue weighted by molar-refractivity contribution is -0.136. The Labute approximate surface area is 200 Å². The van der Waals surface area contributed by atoms with Crippen LogP contribution >= 0.6 is 0 Å². The number of amides is 2. The number of hydrogen-bond acceptors (Lipinski definition) is 6. The van der Waals surface area contributed by atoms with Crippen molar-refractivity contribution in [3.8, 4) is 11.9 Å². The van der Waals surface area contributed by atoms with Gasteiger partial charge in [-0.1, -0.05) is 0 Å². The number of pyridine rings is 1. The van der Waals surface area contributed by atoms with Gasteiger partial charge in [0.15, 0.2) is 0 Å². The molecule has 2 heterocycles. The molecule has 1 aliphatic heterocycles. The van der Waals surface area contributed by atoms with Gasteiger partial charge in [-0.05, 0) is 61.9 Å². The third kappa shape index (κ3) is 5.54. The average molecular weight is 462 g/mol. The zero-order chi connectivity index (χ0) is 24.2. The highest BCUT2D eigenvalue weighted by Gasteiger charge is 2.32. The standard InChI is InChI=1S/C26H31N5O3/c1-17-15-30(8-9-31(17)25(32)12-19-4-5-19)16-22-10-20(13-27)11-23(18(22)2)29-26(33)21-6-7-24(34-3)28-14-21/h6-7,10-11,14,17,19H,4-5,8-9,12,15-16H2,1-3H3,(H,29,33). The summed E-state index contributed by atoms with van der Waals surface area (Å²) in [5, 5.41) is 12.5. The number of ether oxygens (including phenoxy) is 1. The molecule has 1 saturated heterocycles. The molecule has 1 aromatic carbocycles. The normalized spacial score (nSPS) is 18.3. The van der Waals surface area contributed by atoms with Crippen molar-refractivity contribution in [2.75, 3.05) is 32.1 Å². The molecular weight excluding hydrogens is 430 g/mol. The number of anilines is 1. The molecule has 1 atom stereocenters. The number of rotatable bonds is 7. The van der Waals surface area contributed by atoms with Crippen molar-refractivity contribution in [2.45, 2.75) is 45.7 Å². The van der Waals surface area contributed by atoms with Crippen LogP contribution in [0.25, 0.3) is 0 Å². The van der Waals surface area contributed by atoms with Gasteiger partial charge in [0.2, 0.25) is 11.8 Å². The molecule has 2 aliphatic rings. The zero-order valence-electron chi connectivity index (χ0n) is 20.0. The molecular formula is C26H31N5O3. The third-order valence-corrected chi connectivity index (χ3v) is 6.69. The Morgan fingerprint density at radius 1 is 1.26 bits per heavy atom. The van der Waals surface area contributed by atoms with Gasteiger partial charge in [-0.25, -0.2) is 4.98 Å². The largest absolute Gasteiger partial charge is 0.481 e. The van der Waals surface area contributed by atoms with E-state index in [0.29, 0.717) is 41.6 Å². The predicted molar refractivity (Wildman–Crippen MR) is 128 cm³/mol. The van der Waals surface area contributed by atoms with Gasteiger partial charge in [0.1, 0.15) is 0 Å². The van der Waals surface area contributed by atoms with E-state index in [2.05, 4.69) is 28.2 Å². The highest BCUT2D eigenvalue weighted by Crippen LogP contribution is 2.33. The predicted octanol–water partition coefficient (Wildman–Crippen LogP) is 3.36. The highest BCUT2D eigenvalue weighted by molar-refractivity contribution is 6.04. The molecule has 1 unspecified atom stereocenters. The Kier molecular flexibility index (Phi) is 7.13. The highest BCUT2D eigenvalue weighted by atomic mass is 16.5. The van der Waals surface area contributed by atoms with E-state index in [-0.39, 0.29) is 17.9 Å². The summed E-state index contributed by atoms with van der Waals surface area (Å²) in [4.78, 5) is 33.8. The van der Waals surface area contributed by atoms with Crippen LogP contribution in [-0.4, -0.2) is 59.4 Å². The number of nitrogens with zero attached hydrogens (tertiary/aromatic N) is 4. The van der Waals surface area contributed by atoms with Crippen molar-refractivity contribution in [3.63, 3.8) is 0 Å². The van der Waals surface area contributed by atoms with E-state index in [1.807, 2.05) is 17.9 Å². The molecule has 2 amide bonds. The van der Waals surface area contributed by atoms with Crippen LogP contribution in [0, 0.1) is 24.2 Å². The lowest BCUT2D eigenvalue weighted by Gasteiger charge is -2.40. The van der Waals surface area contributed by atoms with Crippen molar-refractivity contribution in [1.29, 1.82) is 5.26 Å². The Hall–Kier alpha value is -3.44. The number of piperazine rings is 1. The summed E-state index contributed by atoms with van der Waals surface area (Å²) in [6.45, 7) is 7.00. The minimum Gasteiger partial charge on any atom is -0.481 e. The van der Waals surface area contributed by atoms with E-state index >= 15 is 0 Å². The molecule has 8 nitrogen and oxygen atoms in total. The molecule has 2 fully saturated rings. The molecule has 1 saturated carbocycles. The molecule has 178 valence electrons. The van der Waals surface area contributed by atoms with Crippen LogP contribution in [0.2, 0.25) is 0 Å². The maximum atomic E-state index is 12.8. The molecule has 8 heteroatoms. The maximum absolute atomic E-state index is 12.8. The molecule has 0 radical (unpaired) electrons. The number of methoxy groups -OCH3 is 1. The Morgan fingerprint density at radius 3 is 2.68 bits per heavy atom. The van der Waals surface area contributed by atoms with Crippen LogP contribution in [0.15, 0.2) is 30.5 Å². The van der Waals surface area contributed by atoms with Crippen molar-refractivity contribution in [3.05, 3.63) is 52.7 Å². The first-order valence-electron chi connectivity index (χ1n) is 11.7. The van der Waals surface area contributed by atoms with Gasteiger partial charge in [0.25, 0.3) is 5.91 Å². The van der Waals surface area contributed by atoms with Crippen LogP contribution in [0.4, 0.5) is 5.69 Å². The number of carbonyl (C=O) groups excluding carboxylic acids is 2. The molecule has 34 heavy (non-hydrogen) atoms. The second kappa shape index (κ2) is 10.2. The Bertz CT molecular complexity index is 1100. The first-order chi connectivity index (χ1) is 16.4. The van der Waals surface area contributed by atoms with Crippen LogP contribution in [0.5, 0.6) is 5.88 Å². The number of aromatic nitrogens is 1. The second-order valence-electron chi connectivity index (χ2n) is 9.28. The van der Waals surface area contributed by atoms with Crippen LogP contribution in [-0.2, 0) is 11.3 Å².